The van der Waals surface area contributed by atoms with Crippen LogP contribution in [0.1, 0.15) is 16.7 Å². The maximum atomic E-state index is 12.2. The SMILES string of the molecule is C=C1Nc2ccc(Cl)cc2C(c2ccc(NC(=O)NCCN(C)C)cc2)=NC1Cc1ccccc1. The van der Waals surface area contributed by atoms with Gasteiger partial charge in [0.1, 0.15) is 0 Å². The molecule has 3 aromatic rings. The van der Waals surface area contributed by atoms with Crippen LogP contribution in [-0.4, -0.2) is 49.9 Å². The van der Waals surface area contributed by atoms with Gasteiger partial charge in [0.15, 0.2) is 0 Å². The quantitative estimate of drug-likeness (QED) is 0.417. The van der Waals surface area contributed by atoms with E-state index in [4.69, 9.17) is 16.6 Å². The molecule has 0 saturated carbocycles. The van der Waals surface area contributed by atoms with Crippen LogP contribution in [0.25, 0.3) is 0 Å². The molecule has 180 valence electrons. The van der Waals surface area contributed by atoms with Crippen molar-refractivity contribution in [2.45, 2.75) is 12.5 Å². The van der Waals surface area contributed by atoms with Crippen LogP contribution in [0, 0.1) is 0 Å². The Labute approximate surface area is 211 Å². The lowest BCUT2D eigenvalue weighted by molar-refractivity contribution is 0.250. The van der Waals surface area contributed by atoms with E-state index in [-0.39, 0.29) is 12.1 Å². The molecule has 3 N–H and O–H groups in total. The summed E-state index contributed by atoms with van der Waals surface area (Å²) in [6.07, 6.45) is 0.727. The third kappa shape index (κ3) is 6.50. The summed E-state index contributed by atoms with van der Waals surface area (Å²) in [5.74, 6) is 0. The molecule has 7 heteroatoms. The van der Waals surface area contributed by atoms with Gasteiger partial charge in [-0.05, 0) is 50.0 Å². The van der Waals surface area contributed by atoms with Crippen molar-refractivity contribution in [3.05, 3.63) is 107 Å². The third-order valence-electron chi connectivity index (χ3n) is 5.75. The van der Waals surface area contributed by atoms with Gasteiger partial charge < -0.3 is 20.9 Å². The Hall–Kier alpha value is -3.61. The van der Waals surface area contributed by atoms with Crippen LogP contribution in [-0.2, 0) is 6.42 Å². The highest BCUT2D eigenvalue weighted by Crippen LogP contribution is 2.30. The summed E-state index contributed by atoms with van der Waals surface area (Å²) in [6, 6.07) is 23.3. The van der Waals surface area contributed by atoms with E-state index in [1.165, 1.54) is 5.56 Å². The number of benzene rings is 3. The van der Waals surface area contributed by atoms with Crippen molar-refractivity contribution < 1.29 is 4.79 Å². The van der Waals surface area contributed by atoms with Gasteiger partial charge in [-0.3, -0.25) is 4.99 Å². The number of aliphatic imine (C=N–C) groups is 1. The number of hydrogen-bond donors (Lipinski definition) is 3. The van der Waals surface area contributed by atoms with Crippen molar-refractivity contribution in [1.29, 1.82) is 0 Å². The largest absolute Gasteiger partial charge is 0.357 e. The molecule has 1 atom stereocenters. The Morgan fingerprint density at radius 1 is 1.09 bits per heavy atom. The van der Waals surface area contributed by atoms with Crippen LogP contribution in [0.15, 0.2) is 90.1 Å². The molecule has 0 fully saturated rings. The first-order chi connectivity index (χ1) is 16.9. The first-order valence-corrected chi connectivity index (χ1v) is 11.9. The van der Waals surface area contributed by atoms with Crippen molar-refractivity contribution in [3.8, 4) is 0 Å². The summed E-state index contributed by atoms with van der Waals surface area (Å²) in [5, 5.41) is 9.82. The number of likely N-dealkylation sites (N-methyl/N-ethyl adjacent to an activating group) is 1. The Kier molecular flexibility index (Phi) is 7.85. The van der Waals surface area contributed by atoms with Gasteiger partial charge in [-0.25, -0.2) is 4.79 Å². The fraction of sp³-hybridized carbons (Fsp3) is 0.214. The molecular formula is C28H30ClN5O. The number of carbonyl (C=O) groups excluding carboxylic acids is 1. The van der Waals surface area contributed by atoms with Gasteiger partial charge in [-0.1, -0.05) is 60.6 Å². The molecule has 3 aromatic carbocycles. The smallest absolute Gasteiger partial charge is 0.319 e. The van der Waals surface area contributed by atoms with Crippen LogP contribution < -0.4 is 16.0 Å². The first-order valence-electron chi connectivity index (χ1n) is 11.6. The minimum absolute atomic E-state index is 0.154. The van der Waals surface area contributed by atoms with Gasteiger partial charge in [0.2, 0.25) is 0 Å². The zero-order valence-electron chi connectivity index (χ0n) is 20.0. The number of nitrogens with zero attached hydrogens (tertiary/aromatic N) is 2. The Morgan fingerprint density at radius 2 is 1.83 bits per heavy atom. The van der Waals surface area contributed by atoms with E-state index >= 15 is 0 Å². The predicted octanol–water partition coefficient (Wildman–Crippen LogP) is 5.41. The van der Waals surface area contributed by atoms with Gasteiger partial charge >= 0.3 is 6.03 Å². The molecule has 35 heavy (non-hydrogen) atoms. The number of benzodiazepines with no additional fused rings is 1. The highest BCUT2D eigenvalue weighted by molar-refractivity contribution is 6.31. The molecule has 0 saturated heterocycles. The van der Waals surface area contributed by atoms with Crippen molar-refractivity contribution in [2.24, 2.45) is 4.99 Å². The zero-order chi connectivity index (χ0) is 24.8. The highest BCUT2D eigenvalue weighted by atomic mass is 35.5. The topological polar surface area (TPSA) is 68.8 Å². The minimum atomic E-state index is -0.230. The van der Waals surface area contributed by atoms with E-state index in [1.807, 2.05) is 79.7 Å². The van der Waals surface area contributed by atoms with Gasteiger partial charge in [-0.15, -0.1) is 0 Å². The number of hydrogen-bond acceptors (Lipinski definition) is 4. The molecule has 0 aliphatic carbocycles. The van der Waals surface area contributed by atoms with E-state index in [9.17, 15) is 4.79 Å². The van der Waals surface area contributed by atoms with Crippen LogP contribution >= 0.6 is 11.6 Å². The zero-order valence-corrected chi connectivity index (χ0v) is 20.8. The number of anilines is 2. The second kappa shape index (κ2) is 11.2. The molecule has 1 aliphatic rings. The number of rotatable bonds is 7. The molecule has 0 spiro atoms. The lowest BCUT2D eigenvalue weighted by Gasteiger charge is -2.15. The monoisotopic (exact) mass is 487 g/mol. The Balaban J connectivity index is 1.60. The van der Waals surface area contributed by atoms with Gasteiger partial charge in [0.25, 0.3) is 0 Å². The maximum absolute atomic E-state index is 12.2. The average molecular weight is 488 g/mol. The second-order valence-corrected chi connectivity index (χ2v) is 9.22. The highest BCUT2D eigenvalue weighted by Gasteiger charge is 2.23. The molecule has 0 aromatic heterocycles. The molecule has 0 bridgehead atoms. The normalized spacial score (nSPS) is 15.0. The first kappa shape index (κ1) is 24.5. The standard InChI is InChI=1S/C28H30ClN5O/c1-19-26(17-20-7-5-4-6-8-20)33-27(24-18-22(29)11-14-25(24)31-19)21-9-12-23(13-10-21)32-28(35)30-15-16-34(2)3/h4-14,18,26,31H,1,15-17H2,2-3H3,(H2,30,32,35). The molecule has 6 nitrogen and oxygen atoms in total. The van der Waals surface area contributed by atoms with Crippen molar-refractivity contribution in [2.75, 3.05) is 37.8 Å². The average Bonchev–Trinajstić information content (AvgIpc) is 2.96. The molecule has 1 unspecified atom stereocenters. The molecule has 2 amide bonds. The molecule has 1 heterocycles. The van der Waals surface area contributed by atoms with Gasteiger partial charge in [0.05, 0.1) is 11.8 Å². The van der Waals surface area contributed by atoms with E-state index in [1.54, 1.807) is 0 Å². The summed E-state index contributed by atoms with van der Waals surface area (Å²) >= 11 is 6.37. The maximum Gasteiger partial charge on any atom is 0.319 e. The predicted molar refractivity (Wildman–Crippen MR) is 146 cm³/mol. The van der Waals surface area contributed by atoms with Crippen molar-refractivity contribution in [3.63, 3.8) is 0 Å². The van der Waals surface area contributed by atoms with E-state index in [0.29, 0.717) is 17.3 Å². The Bertz CT molecular complexity index is 1220. The summed E-state index contributed by atoms with van der Waals surface area (Å²) < 4.78 is 0. The fourth-order valence-corrected chi connectivity index (χ4v) is 4.07. The summed E-state index contributed by atoms with van der Waals surface area (Å²) in [7, 11) is 3.93. The third-order valence-corrected chi connectivity index (χ3v) is 5.99. The van der Waals surface area contributed by atoms with Crippen LogP contribution in [0.2, 0.25) is 5.02 Å². The number of fused-ring (bicyclic) bond motifs is 1. The fourth-order valence-electron chi connectivity index (χ4n) is 3.90. The molecular weight excluding hydrogens is 458 g/mol. The van der Waals surface area contributed by atoms with E-state index < -0.39 is 0 Å². The van der Waals surface area contributed by atoms with Crippen LogP contribution in [0.5, 0.6) is 0 Å². The van der Waals surface area contributed by atoms with Crippen molar-refractivity contribution >= 4 is 34.7 Å². The lowest BCUT2D eigenvalue weighted by atomic mass is 10.00. The minimum Gasteiger partial charge on any atom is -0.357 e. The van der Waals surface area contributed by atoms with Crippen molar-refractivity contribution in [1.82, 2.24) is 10.2 Å². The van der Waals surface area contributed by atoms with Crippen LogP contribution in [0.3, 0.4) is 0 Å². The van der Waals surface area contributed by atoms with Gasteiger partial charge in [0, 0.05) is 52.7 Å². The summed E-state index contributed by atoms with van der Waals surface area (Å²) in [6.45, 7) is 5.62. The number of amides is 2. The molecule has 0 radical (unpaired) electrons. The van der Waals surface area contributed by atoms with Crippen LogP contribution in [0.4, 0.5) is 16.2 Å². The molecule has 4 rings (SSSR count). The summed E-state index contributed by atoms with van der Waals surface area (Å²) in [5.41, 5.74) is 6.32. The number of nitrogens with one attached hydrogen (secondary N) is 3. The second-order valence-electron chi connectivity index (χ2n) is 8.78. The van der Waals surface area contributed by atoms with E-state index in [0.717, 1.165) is 41.2 Å². The van der Waals surface area contributed by atoms with Gasteiger partial charge in [-0.2, -0.15) is 0 Å². The number of halogens is 1. The van der Waals surface area contributed by atoms with E-state index in [2.05, 4.69) is 34.7 Å². The Morgan fingerprint density at radius 3 is 2.54 bits per heavy atom. The number of urea groups is 1. The summed E-state index contributed by atoms with van der Waals surface area (Å²) in [4.78, 5) is 19.3. The molecule has 1 aliphatic heterocycles. The number of carbonyl (C=O) groups is 1. The lowest BCUT2D eigenvalue weighted by Crippen LogP contribution is -2.34.